The first-order valence-electron chi connectivity index (χ1n) is 7.01. The van der Waals surface area contributed by atoms with Gasteiger partial charge >= 0.3 is 0 Å². The normalized spacial score (nSPS) is 13.5. The van der Waals surface area contributed by atoms with E-state index in [1.165, 1.54) is 4.88 Å². The molecule has 0 spiro atoms. The second-order valence-corrected chi connectivity index (χ2v) is 8.02. The molecule has 1 atom stereocenters. The molecule has 3 heterocycles. The molecule has 0 aliphatic rings. The number of aryl methyl sites for hydroxylation is 1. The van der Waals surface area contributed by atoms with Crippen LogP contribution in [-0.2, 0) is 7.05 Å². The van der Waals surface area contributed by atoms with Gasteiger partial charge in [-0.05, 0) is 32.8 Å². The van der Waals surface area contributed by atoms with Crippen LogP contribution < -0.4 is 5.32 Å². The Morgan fingerprint density at radius 2 is 2.09 bits per heavy atom. The Bertz CT molecular complexity index is 788. The molecule has 0 aromatic carbocycles. The molecular weight excluding hydrogens is 362 g/mol. The summed E-state index contributed by atoms with van der Waals surface area (Å²) in [7, 11) is 1.88. The molecule has 0 saturated carbocycles. The van der Waals surface area contributed by atoms with Crippen LogP contribution in [0.25, 0.3) is 11.0 Å². The molecule has 3 aromatic rings. The highest BCUT2D eigenvalue weighted by molar-refractivity contribution is 9.10. The minimum atomic E-state index is 0.0524. The van der Waals surface area contributed by atoms with Gasteiger partial charge in [0.15, 0.2) is 5.65 Å². The molecule has 0 unspecified atom stereocenters. The van der Waals surface area contributed by atoms with Crippen molar-refractivity contribution in [2.75, 3.05) is 5.32 Å². The Morgan fingerprint density at radius 1 is 1.32 bits per heavy atom. The van der Waals surface area contributed by atoms with Gasteiger partial charge in [0.2, 0.25) is 0 Å². The fourth-order valence-electron chi connectivity index (χ4n) is 2.46. The van der Waals surface area contributed by atoms with E-state index in [1.807, 2.05) is 7.05 Å². The van der Waals surface area contributed by atoms with E-state index in [2.05, 4.69) is 74.6 Å². The monoisotopic (exact) mass is 379 g/mol. The zero-order valence-electron chi connectivity index (χ0n) is 13.0. The predicted octanol–water partition coefficient (Wildman–Crippen LogP) is 4.39. The summed E-state index contributed by atoms with van der Waals surface area (Å²) in [5, 5.41) is 11.0. The number of nitrogens with zero attached hydrogens (tertiary/aromatic N) is 4. The van der Waals surface area contributed by atoms with Crippen molar-refractivity contribution < 1.29 is 0 Å². The maximum Gasteiger partial charge on any atom is 0.164 e. The van der Waals surface area contributed by atoms with Crippen molar-refractivity contribution in [1.82, 2.24) is 19.7 Å². The second-order valence-electron chi connectivity index (χ2n) is 6.29. The first kappa shape index (κ1) is 15.4. The predicted molar refractivity (Wildman–Crippen MR) is 94.1 cm³/mol. The van der Waals surface area contributed by atoms with E-state index in [4.69, 9.17) is 0 Å². The maximum absolute atomic E-state index is 4.44. The van der Waals surface area contributed by atoms with Crippen LogP contribution >= 0.6 is 27.3 Å². The first-order valence-corrected chi connectivity index (χ1v) is 8.68. The summed E-state index contributed by atoms with van der Waals surface area (Å²) in [4.78, 5) is 10.1. The van der Waals surface area contributed by atoms with Gasteiger partial charge in [0.05, 0.1) is 11.4 Å². The summed E-state index contributed by atoms with van der Waals surface area (Å²) >= 11 is 5.26. The molecule has 7 heteroatoms. The van der Waals surface area contributed by atoms with Crippen LogP contribution in [-0.4, -0.2) is 19.7 Å². The summed E-state index contributed by atoms with van der Waals surface area (Å²) in [6.45, 7) is 6.67. The van der Waals surface area contributed by atoms with Gasteiger partial charge in [-0.15, -0.1) is 11.3 Å². The zero-order chi connectivity index (χ0) is 15.9. The van der Waals surface area contributed by atoms with Crippen LogP contribution in [0.3, 0.4) is 0 Å². The maximum atomic E-state index is 4.44. The van der Waals surface area contributed by atoms with E-state index in [9.17, 15) is 0 Å². The standard InChI is InChI=1S/C15H18BrN5S/c1-15(2,3)11(9-6-5-7-22-9)19-13-10-12(16)20-21(4)14(10)18-8-17-13/h5-8,11H,1-4H3,(H,17,18,19)/t11-/m0/s1. The lowest BCUT2D eigenvalue weighted by Gasteiger charge is -2.31. The van der Waals surface area contributed by atoms with E-state index in [0.717, 1.165) is 21.5 Å². The topological polar surface area (TPSA) is 55.6 Å². The fourth-order valence-corrected chi connectivity index (χ4v) is 4.08. The van der Waals surface area contributed by atoms with Gasteiger partial charge in [0.25, 0.3) is 0 Å². The highest BCUT2D eigenvalue weighted by Gasteiger charge is 2.28. The van der Waals surface area contributed by atoms with Crippen LogP contribution in [0, 0.1) is 5.41 Å². The Labute approximate surface area is 141 Å². The van der Waals surface area contributed by atoms with Gasteiger partial charge in [0.1, 0.15) is 16.7 Å². The Hall–Kier alpha value is -1.47. The fraction of sp³-hybridized carbons (Fsp3) is 0.400. The highest BCUT2D eigenvalue weighted by Crippen LogP contribution is 2.39. The molecule has 0 bridgehead atoms. The molecule has 3 aromatic heterocycles. The Balaban J connectivity index is 2.08. The smallest absolute Gasteiger partial charge is 0.164 e. The first-order chi connectivity index (χ1) is 10.4. The average molecular weight is 380 g/mol. The summed E-state index contributed by atoms with van der Waals surface area (Å²) < 4.78 is 2.51. The number of anilines is 1. The van der Waals surface area contributed by atoms with E-state index in [1.54, 1.807) is 22.3 Å². The van der Waals surface area contributed by atoms with Gasteiger partial charge in [0, 0.05) is 11.9 Å². The third kappa shape index (κ3) is 2.75. The minimum Gasteiger partial charge on any atom is -0.361 e. The molecular formula is C15H18BrN5S. The Kier molecular flexibility index (Phi) is 3.94. The van der Waals surface area contributed by atoms with Crippen LogP contribution in [0.4, 0.5) is 5.82 Å². The third-order valence-corrected chi connectivity index (χ3v) is 5.04. The van der Waals surface area contributed by atoms with Crippen molar-refractivity contribution in [3.63, 3.8) is 0 Å². The van der Waals surface area contributed by atoms with Crippen LogP contribution in [0.1, 0.15) is 31.7 Å². The number of halogens is 1. The van der Waals surface area contributed by atoms with Gasteiger partial charge < -0.3 is 5.32 Å². The summed E-state index contributed by atoms with van der Waals surface area (Å²) in [6, 6.07) is 4.40. The van der Waals surface area contributed by atoms with E-state index >= 15 is 0 Å². The number of rotatable bonds is 3. The van der Waals surface area contributed by atoms with Crippen LogP contribution in [0.2, 0.25) is 0 Å². The number of fused-ring (bicyclic) bond motifs is 1. The molecule has 0 saturated heterocycles. The second kappa shape index (κ2) is 5.62. The van der Waals surface area contributed by atoms with E-state index in [0.29, 0.717) is 0 Å². The van der Waals surface area contributed by atoms with Crippen molar-refractivity contribution in [2.45, 2.75) is 26.8 Å². The van der Waals surface area contributed by atoms with Crippen LogP contribution in [0.5, 0.6) is 0 Å². The quantitative estimate of drug-likeness (QED) is 0.732. The van der Waals surface area contributed by atoms with E-state index in [-0.39, 0.29) is 11.5 Å². The molecule has 22 heavy (non-hydrogen) atoms. The molecule has 0 aliphatic carbocycles. The number of nitrogens with one attached hydrogen (secondary N) is 1. The SMILES string of the molecule is Cn1nc(Br)c2c(N[C@@H](c3cccs3)C(C)(C)C)ncnc21. The Morgan fingerprint density at radius 3 is 2.73 bits per heavy atom. The summed E-state index contributed by atoms with van der Waals surface area (Å²) in [5.41, 5.74) is 0.861. The minimum absolute atomic E-state index is 0.0524. The van der Waals surface area contributed by atoms with Crippen molar-refractivity contribution in [3.05, 3.63) is 33.3 Å². The number of aromatic nitrogens is 4. The summed E-state index contributed by atoms with van der Waals surface area (Å²) in [6.07, 6.45) is 1.58. The van der Waals surface area contributed by atoms with Gasteiger partial charge in [-0.3, -0.25) is 0 Å². The lowest BCUT2D eigenvalue weighted by atomic mass is 9.85. The van der Waals surface area contributed by atoms with Crippen molar-refractivity contribution in [2.24, 2.45) is 12.5 Å². The lowest BCUT2D eigenvalue weighted by Crippen LogP contribution is -2.25. The molecule has 1 N–H and O–H groups in total. The molecule has 0 aliphatic heterocycles. The molecule has 116 valence electrons. The zero-order valence-corrected chi connectivity index (χ0v) is 15.4. The van der Waals surface area contributed by atoms with Gasteiger partial charge in [-0.1, -0.05) is 26.8 Å². The molecule has 5 nitrogen and oxygen atoms in total. The van der Waals surface area contributed by atoms with Crippen molar-refractivity contribution in [3.8, 4) is 0 Å². The van der Waals surface area contributed by atoms with Crippen molar-refractivity contribution in [1.29, 1.82) is 0 Å². The van der Waals surface area contributed by atoms with E-state index < -0.39 is 0 Å². The number of hydrogen-bond acceptors (Lipinski definition) is 5. The largest absolute Gasteiger partial charge is 0.361 e. The lowest BCUT2D eigenvalue weighted by molar-refractivity contribution is 0.351. The molecule has 0 fully saturated rings. The molecule has 0 amide bonds. The third-order valence-electron chi connectivity index (χ3n) is 3.55. The molecule has 3 rings (SSSR count). The average Bonchev–Trinajstić information content (AvgIpc) is 3.05. The number of hydrogen-bond donors (Lipinski definition) is 1. The van der Waals surface area contributed by atoms with Crippen molar-refractivity contribution >= 4 is 44.1 Å². The highest BCUT2D eigenvalue weighted by atomic mass is 79.9. The van der Waals surface area contributed by atoms with Gasteiger partial charge in [-0.2, -0.15) is 5.10 Å². The van der Waals surface area contributed by atoms with Gasteiger partial charge in [-0.25, -0.2) is 14.6 Å². The van der Waals surface area contributed by atoms with Crippen LogP contribution in [0.15, 0.2) is 28.4 Å². The molecule has 0 radical (unpaired) electrons. The number of thiophene rings is 1. The summed E-state index contributed by atoms with van der Waals surface area (Å²) in [5.74, 6) is 0.804.